The maximum atomic E-state index is 9.69. The van der Waals surface area contributed by atoms with Crippen LogP contribution in [0.1, 0.15) is 68.9 Å². The molecule has 0 aliphatic rings. The minimum Gasteiger partial charge on any atom is -0.496 e. The average molecular weight is 799 g/mol. The van der Waals surface area contributed by atoms with Crippen LogP contribution in [0.5, 0.6) is 5.75 Å². The SMILES string of the molecule is [2H]c1nc(-c2cc(-c3ccccc3)cc(-c3cccc4c3nc(-c3cc(C)cc(C)c3OC)n4-c3cc(-c4ccccc4)cc(C([2H])([2H])[2H])c3)c2)c([2H])c(-c2c([2H])c([2H])c(C(C([2H])([2H])[2H])(C([2H])([2H])[2H])C([2H])([2H])[2H])c([2H])c2[2H])c1[2H]. The number of para-hydroxylation sites is 1. The minimum atomic E-state index is -3.94. The zero-order valence-electron chi connectivity index (χ0n) is 51.9. The van der Waals surface area contributed by atoms with Gasteiger partial charge in [-0.2, -0.15) is 0 Å². The first-order valence-corrected chi connectivity index (χ1v) is 19.1. The lowest BCUT2D eigenvalue weighted by Gasteiger charge is -2.19. The molecule has 9 aromatic rings. The van der Waals surface area contributed by atoms with Gasteiger partial charge in [0.15, 0.2) is 0 Å². The van der Waals surface area contributed by atoms with Crippen molar-refractivity contribution in [2.45, 2.75) is 46.7 Å². The fraction of sp³-hybridized carbons (Fsp3) is 0.143. The van der Waals surface area contributed by atoms with E-state index >= 15 is 0 Å². The van der Waals surface area contributed by atoms with Crippen LogP contribution < -0.4 is 4.74 Å². The summed E-state index contributed by atoms with van der Waals surface area (Å²) in [6, 6.07) is 31.9. The summed E-state index contributed by atoms with van der Waals surface area (Å²) in [4.78, 5) is 9.77. The number of aromatic nitrogens is 3. The molecule has 60 heavy (non-hydrogen) atoms. The Morgan fingerprint density at radius 1 is 0.600 bits per heavy atom. The summed E-state index contributed by atoms with van der Waals surface area (Å²) in [6.45, 7) is -10.5. The molecule has 0 atom stereocenters. The Morgan fingerprint density at radius 3 is 2.00 bits per heavy atom. The fourth-order valence-corrected chi connectivity index (χ4v) is 7.62. The summed E-state index contributed by atoms with van der Waals surface area (Å²) in [7, 11) is 1.56. The number of hydrogen-bond acceptors (Lipinski definition) is 3. The van der Waals surface area contributed by atoms with Gasteiger partial charge in [-0.1, -0.05) is 130 Å². The largest absolute Gasteiger partial charge is 0.496 e. The summed E-state index contributed by atoms with van der Waals surface area (Å²) in [5.41, 5.74) is 0.806. The number of benzene rings is 7. The van der Waals surface area contributed by atoms with Crippen molar-refractivity contribution in [2.75, 3.05) is 7.11 Å². The third kappa shape index (κ3) is 7.42. The second-order valence-corrected chi connectivity index (χ2v) is 14.6. The molecule has 0 unspecified atom stereocenters. The number of methoxy groups -OCH3 is 1. The van der Waals surface area contributed by atoms with E-state index in [0.29, 0.717) is 61.7 Å². The maximum absolute atomic E-state index is 9.69. The lowest BCUT2D eigenvalue weighted by Crippen LogP contribution is -2.10. The van der Waals surface area contributed by atoms with Gasteiger partial charge in [0.1, 0.15) is 11.6 Å². The van der Waals surface area contributed by atoms with E-state index in [1.54, 1.807) is 31.4 Å². The number of ether oxygens (including phenoxy) is 1. The molecular weight excluding hydrogens is 731 g/mol. The Labute approximate surface area is 380 Å². The highest BCUT2D eigenvalue weighted by molar-refractivity contribution is 5.98. The van der Waals surface area contributed by atoms with Crippen LogP contribution in [0.15, 0.2) is 170 Å². The lowest BCUT2D eigenvalue weighted by atomic mass is 9.86. The number of nitrogens with zero attached hydrogens (tertiary/aromatic N) is 3. The van der Waals surface area contributed by atoms with Gasteiger partial charge in [-0.15, -0.1) is 0 Å². The highest BCUT2D eigenvalue weighted by Gasteiger charge is 2.23. The van der Waals surface area contributed by atoms with Crippen LogP contribution >= 0.6 is 0 Å². The normalized spacial score (nSPS) is 17.0. The molecule has 0 bridgehead atoms. The molecule has 0 saturated carbocycles. The zero-order valence-corrected chi connectivity index (χ0v) is 32.9. The van der Waals surface area contributed by atoms with Crippen molar-refractivity contribution in [1.82, 2.24) is 14.5 Å². The number of aryl methyl sites for hydroxylation is 3. The first-order valence-electron chi connectivity index (χ1n) is 28.6. The van der Waals surface area contributed by atoms with E-state index < -0.39 is 91.9 Å². The molecular formula is C56H49N3O. The summed E-state index contributed by atoms with van der Waals surface area (Å²) in [5, 5.41) is 0. The van der Waals surface area contributed by atoms with Crippen molar-refractivity contribution in [3.63, 3.8) is 0 Å². The van der Waals surface area contributed by atoms with E-state index in [0.717, 1.165) is 16.7 Å². The standard InChI is InChI=1S/C56H49N3O/c1-36-27-38(3)54(60-7)50(30-36)55-58-53-49(19-14-20-52(53)59(55)48-29-37(2)28-43(34-48)39-15-10-8-11-16-39)45-31-44(40-17-12-9-13-18-40)32-46(33-45)51-35-42(25-26-57-51)41-21-23-47(24-22-41)56(4,5)6/h8-35H,1-7H3/i2D3,4D3,5D3,6D3,21D,22D,23D,24D,25D,26D,35D. The van der Waals surface area contributed by atoms with Gasteiger partial charge < -0.3 is 4.74 Å². The number of fused-ring (bicyclic) bond motifs is 1. The second kappa shape index (κ2) is 15.6. The van der Waals surface area contributed by atoms with Crippen LogP contribution in [0.3, 0.4) is 0 Å². The summed E-state index contributed by atoms with van der Waals surface area (Å²) in [5.74, 6) is 0.945. The summed E-state index contributed by atoms with van der Waals surface area (Å²) < 4.78 is 172. The van der Waals surface area contributed by atoms with E-state index in [-0.39, 0.29) is 16.8 Å². The van der Waals surface area contributed by atoms with Crippen LogP contribution in [-0.4, -0.2) is 21.6 Å². The van der Waals surface area contributed by atoms with Gasteiger partial charge in [-0.3, -0.25) is 9.55 Å². The highest BCUT2D eigenvalue weighted by atomic mass is 16.5. The van der Waals surface area contributed by atoms with E-state index in [1.807, 2.05) is 122 Å². The Balaban J connectivity index is 1.34. The monoisotopic (exact) mass is 799 g/mol. The number of imidazole rings is 1. The topological polar surface area (TPSA) is 39.9 Å². The van der Waals surface area contributed by atoms with E-state index in [1.165, 1.54) is 0 Å². The molecule has 0 aliphatic heterocycles. The Kier molecular flexibility index (Phi) is 5.82. The molecule has 0 spiro atoms. The number of rotatable bonds is 8. The van der Waals surface area contributed by atoms with Crippen LogP contribution in [-0.2, 0) is 5.41 Å². The van der Waals surface area contributed by atoms with Crippen molar-refractivity contribution >= 4 is 11.0 Å². The highest BCUT2D eigenvalue weighted by Crippen LogP contribution is 2.42. The minimum absolute atomic E-state index is 0.0878. The maximum Gasteiger partial charge on any atom is 0.149 e. The van der Waals surface area contributed by atoms with Crippen molar-refractivity contribution in [1.29, 1.82) is 0 Å². The van der Waals surface area contributed by atoms with E-state index in [4.69, 9.17) is 34.4 Å². The molecule has 0 saturated heterocycles. The smallest absolute Gasteiger partial charge is 0.149 e. The Bertz CT molecular complexity index is 3820. The van der Waals surface area contributed by atoms with E-state index in [9.17, 15) is 1.37 Å². The number of pyridine rings is 1. The van der Waals surface area contributed by atoms with Gasteiger partial charge in [0.05, 0.1) is 39.0 Å². The van der Waals surface area contributed by atoms with Gasteiger partial charge in [0.25, 0.3) is 0 Å². The zero-order chi connectivity index (χ0) is 57.6. The fourth-order valence-electron chi connectivity index (χ4n) is 7.62. The van der Waals surface area contributed by atoms with Crippen molar-refractivity contribution in [3.05, 3.63) is 192 Å². The molecule has 2 aromatic heterocycles. The molecule has 4 nitrogen and oxygen atoms in total. The molecule has 4 heteroatoms. The van der Waals surface area contributed by atoms with Gasteiger partial charge in [-0.25, -0.2) is 4.98 Å². The summed E-state index contributed by atoms with van der Waals surface area (Å²) >= 11 is 0. The molecule has 0 fully saturated rings. The third-order valence-electron chi connectivity index (χ3n) is 10.3. The van der Waals surface area contributed by atoms with Gasteiger partial charge >= 0.3 is 0 Å². The van der Waals surface area contributed by atoms with Gasteiger partial charge in [-0.05, 0) is 142 Å². The predicted molar refractivity (Wildman–Crippen MR) is 251 cm³/mol. The molecule has 2 heterocycles. The summed E-state index contributed by atoms with van der Waals surface area (Å²) in [6.07, 6.45) is -0.766. The van der Waals surface area contributed by atoms with E-state index in [2.05, 4.69) is 4.98 Å². The molecule has 9 rings (SSSR count). The van der Waals surface area contributed by atoms with Crippen LogP contribution in [0.4, 0.5) is 0 Å². The second-order valence-electron chi connectivity index (χ2n) is 14.6. The number of hydrogen-bond donors (Lipinski definition) is 0. The van der Waals surface area contributed by atoms with Gasteiger partial charge in [0, 0.05) is 39.4 Å². The predicted octanol–water partition coefficient (Wildman–Crippen LogP) is 14.7. The first-order chi connectivity index (χ1) is 36.9. The van der Waals surface area contributed by atoms with Gasteiger partial charge in [0.2, 0.25) is 0 Å². The third-order valence-corrected chi connectivity index (χ3v) is 10.3. The molecule has 0 aliphatic carbocycles. The first kappa shape index (κ1) is 22.4. The van der Waals surface area contributed by atoms with Crippen molar-refractivity contribution < 1.29 is 30.8 Å². The molecule has 0 amide bonds. The average Bonchev–Trinajstić information content (AvgIpc) is 3.92. The van der Waals surface area contributed by atoms with Crippen LogP contribution in [0, 0.1) is 20.7 Å². The molecule has 294 valence electrons. The molecule has 0 radical (unpaired) electrons. The lowest BCUT2D eigenvalue weighted by molar-refractivity contribution is 0.413. The quantitative estimate of drug-likeness (QED) is 0.154. The van der Waals surface area contributed by atoms with Crippen LogP contribution in [0.25, 0.3) is 83.9 Å². The van der Waals surface area contributed by atoms with Crippen molar-refractivity contribution in [2.24, 2.45) is 0 Å². The molecule has 7 aromatic carbocycles. The molecule has 0 N–H and O–H groups in total. The Hall–Kier alpha value is -7.04. The van der Waals surface area contributed by atoms with Crippen LogP contribution in [0.2, 0.25) is 0 Å². The van der Waals surface area contributed by atoms with Crippen molar-refractivity contribution in [3.8, 4) is 78.6 Å². The Morgan fingerprint density at radius 2 is 1.30 bits per heavy atom.